The Morgan fingerprint density at radius 1 is 1.33 bits per heavy atom. The summed E-state index contributed by atoms with van der Waals surface area (Å²) in [5, 5.41) is 4.16. The Kier molecular flexibility index (Phi) is 7.28. The molecular formula is C14H20BrN3O3. The van der Waals surface area contributed by atoms with E-state index in [0.717, 1.165) is 25.9 Å². The fourth-order valence-electron chi connectivity index (χ4n) is 2.23. The van der Waals surface area contributed by atoms with Crippen LogP contribution in [0.3, 0.4) is 0 Å². The van der Waals surface area contributed by atoms with Crippen molar-refractivity contribution < 1.29 is 36.0 Å². The van der Waals surface area contributed by atoms with Gasteiger partial charge in [-0.15, -0.1) is 0 Å². The Bertz CT molecular complexity index is 473. The summed E-state index contributed by atoms with van der Waals surface area (Å²) in [5.41, 5.74) is 0.598. The van der Waals surface area contributed by atoms with Crippen molar-refractivity contribution in [2.45, 2.75) is 32.2 Å². The second-order valence-corrected chi connectivity index (χ2v) is 4.86. The molecule has 0 aliphatic carbocycles. The highest BCUT2D eigenvalue weighted by atomic mass is 79.9. The first-order valence-electron chi connectivity index (χ1n) is 6.92. The second kappa shape index (κ2) is 8.71. The van der Waals surface area contributed by atoms with Crippen LogP contribution in [0.2, 0.25) is 0 Å². The molecule has 0 radical (unpaired) electrons. The lowest BCUT2D eigenvalue weighted by Gasteiger charge is -2.26. The van der Waals surface area contributed by atoms with Gasteiger partial charge in [-0.3, -0.25) is 9.59 Å². The molecule has 2 rings (SSSR count). The zero-order valence-electron chi connectivity index (χ0n) is 12.1. The zero-order valence-corrected chi connectivity index (χ0v) is 13.7. The van der Waals surface area contributed by atoms with Gasteiger partial charge in [-0.2, -0.15) is 0 Å². The molecule has 1 saturated heterocycles. The number of aryl methyl sites for hydroxylation is 1. The van der Waals surface area contributed by atoms with E-state index in [1.165, 1.54) is 13.5 Å². The molecule has 0 bridgehead atoms. The van der Waals surface area contributed by atoms with E-state index in [0.29, 0.717) is 12.1 Å². The highest BCUT2D eigenvalue weighted by Crippen LogP contribution is 2.11. The van der Waals surface area contributed by atoms with Crippen LogP contribution in [0, 0.1) is 0 Å². The van der Waals surface area contributed by atoms with Gasteiger partial charge < -0.3 is 26.6 Å². The summed E-state index contributed by atoms with van der Waals surface area (Å²) in [6, 6.07) is 1.75. The number of likely N-dealkylation sites (tertiary alicyclic amines) is 1. The van der Waals surface area contributed by atoms with Crippen LogP contribution in [0.5, 0.6) is 0 Å². The Labute approximate surface area is 134 Å². The van der Waals surface area contributed by atoms with Crippen molar-refractivity contribution in [3.8, 4) is 0 Å². The lowest BCUT2D eigenvalue weighted by molar-refractivity contribution is -0.753. The number of esters is 1. The van der Waals surface area contributed by atoms with Crippen molar-refractivity contribution in [1.82, 2.24) is 10.00 Å². The number of halogens is 1. The summed E-state index contributed by atoms with van der Waals surface area (Å²) in [6.45, 7) is 2.11. The van der Waals surface area contributed by atoms with E-state index in [2.05, 4.69) is 9.84 Å². The summed E-state index contributed by atoms with van der Waals surface area (Å²) in [6.07, 6.45) is 6.91. The lowest BCUT2D eigenvalue weighted by Crippen LogP contribution is -3.00. The second-order valence-electron chi connectivity index (χ2n) is 4.86. The number of hydrogen-bond donors (Lipinski definition) is 0. The number of carbonyl (C=O) groups excluding carboxylic acids is 2. The van der Waals surface area contributed by atoms with Crippen molar-refractivity contribution >= 4 is 11.9 Å². The van der Waals surface area contributed by atoms with E-state index in [9.17, 15) is 9.59 Å². The summed E-state index contributed by atoms with van der Waals surface area (Å²) < 4.78 is 6.20. The third kappa shape index (κ3) is 5.08. The van der Waals surface area contributed by atoms with Crippen molar-refractivity contribution in [1.29, 1.82) is 0 Å². The first-order valence-corrected chi connectivity index (χ1v) is 6.92. The number of nitrogens with zero attached hydrogens (tertiary/aromatic N) is 3. The number of piperidine rings is 1. The number of hydrogen-bond acceptors (Lipinski definition) is 4. The molecule has 116 valence electrons. The van der Waals surface area contributed by atoms with E-state index >= 15 is 0 Å². The quantitative estimate of drug-likeness (QED) is 0.443. The Hall–Kier alpha value is -1.50. The average Bonchev–Trinajstić information content (AvgIpc) is 2.53. The van der Waals surface area contributed by atoms with Crippen LogP contribution in [-0.2, 0) is 16.1 Å². The number of amides is 1. The first kappa shape index (κ1) is 17.6. The molecule has 6 nitrogen and oxygen atoms in total. The molecule has 7 heteroatoms. The van der Waals surface area contributed by atoms with Crippen molar-refractivity contribution in [3.63, 3.8) is 0 Å². The Balaban J connectivity index is 0.00000220. The third-order valence-electron chi connectivity index (χ3n) is 3.43. The Morgan fingerprint density at radius 2 is 2.05 bits per heavy atom. The van der Waals surface area contributed by atoms with Crippen LogP contribution >= 0.6 is 0 Å². The summed E-state index contributed by atoms with van der Waals surface area (Å²) in [4.78, 5) is 25.1. The number of ether oxygens (including phenoxy) is 1. The Morgan fingerprint density at radius 3 is 2.62 bits per heavy atom. The van der Waals surface area contributed by atoms with E-state index in [-0.39, 0.29) is 35.3 Å². The van der Waals surface area contributed by atoms with Crippen LogP contribution in [0.25, 0.3) is 0 Å². The number of aromatic nitrogens is 2. The van der Waals surface area contributed by atoms with Gasteiger partial charge in [0, 0.05) is 19.2 Å². The largest absolute Gasteiger partial charge is 1.00 e. The molecule has 0 N–H and O–H groups in total. The number of carbonyl (C=O) groups is 2. The molecule has 0 unspecified atom stereocenters. The zero-order chi connectivity index (χ0) is 14.4. The molecule has 2 heterocycles. The van der Waals surface area contributed by atoms with Crippen LogP contribution < -0.4 is 21.7 Å². The predicted molar refractivity (Wildman–Crippen MR) is 70.8 cm³/mol. The van der Waals surface area contributed by atoms with Gasteiger partial charge in [0.05, 0.1) is 12.7 Å². The topological polar surface area (TPSA) is 63.4 Å². The molecule has 21 heavy (non-hydrogen) atoms. The third-order valence-corrected chi connectivity index (χ3v) is 3.43. The number of methoxy groups -OCH3 is 1. The summed E-state index contributed by atoms with van der Waals surface area (Å²) >= 11 is 0. The van der Waals surface area contributed by atoms with Gasteiger partial charge in [0.25, 0.3) is 5.91 Å². The minimum atomic E-state index is -0.271. The molecule has 1 aromatic rings. The minimum Gasteiger partial charge on any atom is -1.00 e. The lowest BCUT2D eigenvalue weighted by atomic mass is 10.1. The summed E-state index contributed by atoms with van der Waals surface area (Å²) in [5.74, 6) is -0.231. The van der Waals surface area contributed by atoms with E-state index in [4.69, 9.17) is 0 Å². The molecule has 1 aromatic heterocycles. The number of rotatable bonds is 4. The molecular weight excluding hydrogens is 338 g/mol. The highest BCUT2D eigenvalue weighted by Gasteiger charge is 2.19. The van der Waals surface area contributed by atoms with Gasteiger partial charge in [-0.05, 0) is 24.4 Å². The first-order chi connectivity index (χ1) is 9.70. The van der Waals surface area contributed by atoms with Gasteiger partial charge in [0.2, 0.25) is 0 Å². The molecule has 1 aliphatic heterocycles. The average molecular weight is 358 g/mol. The van der Waals surface area contributed by atoms with Gasteiger partial charge in [-0.1, -0.05) is 4.68 Å². The molecule has 1 amide bonds. The van der Waals surface area contributed by atoms with Gasteiger partial charge in [0.1, 0.15) is 12.6 Å². The molecule has 1 fully saturated rings. The summed E-state index contributed by atoms with van der Waals surface area (Å²) in [7, 11) is 1.36. The van der Waals surface area contributed by atoms with E-state index in [1.807, 2.05) is 4.90 Å². The molecule has 0 aromatic carbocycles. The molecule has 0 spiro atoms. The maximum absolute atomic E-state index is 12.2. The van der Waals surface area contributed by atoms with Gasteiger partial charge in [-0.25, -0.2) is 0 Å². The standard InChI is InChI=1S/C14H20N3O3.BrH/c1-20-13(18)6-10-17-9-5-12(11-15-17)14(19)16-7-3-2-4-8-16;/h5,9,11H,2-4,6-8,10H2,1H3;1H/q+1;/p-1. The van der Waals surface area contributed by atoms with E-state index in [1.54, 1.807) is 23.1 Å². The predicted octanol–water partition coefficient (Wildman–Crippen LogP) is -2.44. The normalized spacial score (nSPS) is 14.2. The minimum absolute atomic E-state index is 0. The maximum Gasteiger partial charge on any atom is 0.312 e. The monoisotopic (exact) mass is 357 g/mol. The fraction of sp³-hybridized carbons (Fsp3) is 0.571. The maximum atomic E-state index is 12.2. The van der Waals surface area contributed by atoms with Crippen molar-refractivity contribution in [2.75, 3.05) is 20.2 Å². The molecule has 0 atom stereocenters. The van der Waals surface area contributed by atoms with E-state index < -0.39 is 0 Å². The van der Waals surface area contributed by atoms with Crippen LogP contribution in [-0.4, -0.2) is 42.1 Å². The van der Waals surface area contributed by atoms with Crippen molar-refractivity contribution in [2.24, 2.45) is 0 Å². The molecule has 0 saturated carbocycles. The van der Waals surface area contributed by atoms with Crippen LogP contribution in [0.15, 0.2) is 18.5 Å². The van der Waals surface area contributed by atoms with Gasteiger partial charge in [0.15, 0.2) is 12.7 Å². The van der Waals surface area contributed by atoms with Crippen LogP contribution in [0.1, 0.15) is 36.0 Å². The van der Waals surface area contributed by atoms with Crippen LogP contribution in [0.4, 0.5) is 0 Å². The highest BCUT2D eigenvalue weighted by molar-refractivity contribution is 5.93. The SMILES string of the molecule is COC(=O)CC[n+]1ccc(C(=O)N2CCCCC2)cn1.[Br-]. The molecule has 1 aliphatic rings. The smallest absolute Gasteiger partial charge is 0.312 e. The van der Waals surface area contributed by atoms with Gasteiger partial charge >= 0.3 is 5.97 Å². The fourth-order valence-corrected chi connectivity index (χ4v) is 2.23. The van der Waals surface area contributed by atoms with Crippen molar-refractivity contribution in [3.05, 3.63) is 24.0 Å².